The molecule has 2 N–H and O–H groups in total. The summed E-state index contributed by atoms with van der Waals surface area (Å²) in [5.74, 6) is -1.02. The van der Waals surface area contributed by atoms with E-state index < -0.39 is 16.7 Å². The van der Waals surface area contributed by atoms with Gasteiger partial charge in [0.2, 0.25) is 11.8 Å². The fraction of sp³-hybridized carbons (Fsp3) is 0. The number of anilines is 2. The Morgan fingerprint density at radius 1 is 0.758 bits per heavy atom. The molecule has 0 fully saturated rings. The second-order valence-corrected chi connectivity index (χ2v) is 7.61. The van der Waals surface area contributed by atoms with E-state index in [0.717, 1.165) is 11.1 Å². The zero-order valence-corrected chi connectivity index (χ0v) is 18.5. The Balaban J connectivity index is 1.71. The van der Waals surface area contributed by atoms with Gasteiger partial charge in [0, 0.05) is 34.0 Å². The van der Waals surface area contributed by atoms with Crippen LogP contribution >= 0.6 is 23.2 Å². The van der Waals surface area contributed by atoms with Gasteiger partial charge in [-0.2, -0.15) is 0 Å². The molecule has 33 heavy (non-hydrogen) atoms. The lowest BCUT2D eigenvalue weighted by atomic mass is 10.2. The fourth-order valence-electron chi connectivity index (χ4n) is 2.72. The highest BCUT2D eigenvalue weighted by Crippen LogP contribution is 2.28. The van der Waals surface area contributed by atoms with E-state index in [9.17, 15) is 19.7 Å². The molecule has 0 saturated carbocycles. The van der Waals surface area contributed by atoms with Gasteiger partial charge in [-0.15, -0.1) is 0 Å². The van der Waals surface area contributed by atoms with Crippen LogP contribution in [0.25, 0.3) is 12.2 Å². The zero-order chi connectivity index (χ0) is 23.8. The van der Waals surface area contributed by atoms with E-state index in [1.54, 1.807) is 60.7 Å². The molecular formula is C24H17Cl2N3O4. The van der Waals surface area contributed by atoms with E-state index in [-0.39, 0.29) is 17.1 Å². The van der Waals surface area contributed by atoms with E-state index in [1.165, 1.54) is 30.4 Å². The lowest BCUT2D eigenvalue weighted by Crippen LogP contribution is -2.12. The first-order chi connectivity index (χ1) is 15.8. The van der Waals surface area contributed by atoms with E-state index >= 15 is 0 Å². The van der Waals surface area contributed by atoms with Crippen molar-refractivity contribution >= 4 is 64.2 Å². The van der Waals surface area contributed by atoms with Crippen LogP contribution in [0.4, 0.5) is 17.1 Å². The number of nitrogens with zero attached hydrogens (tertiary/aromatic N) is 1. The molecule has 0 saturated heterocycles. The highest BCUT2D eigenvalue weighted by Gasteiger charge is 2.16. The Bertz CT molecular complexity index is 1240. The summed E-state index contributed by atoms with van der Waals surface area (Å²) in [6.07, 6.45) is 5.71. The summed E-state index contributed by atoms with van der Waals surface area (Å²) in [7, 11) is 0. The number of nitrogens with one attached hydrogen (secondary N) is 2. The van der Waals surface area contributed by atoms with Gasteiger partial charge in [-0.3, -0.25) is 19.7 Å². The van der Waals surface area contributed by atoms with Gasteiger partial charge in [-0.05, 0) is 59.7 Å². The third kappa shape index (κ3) is 7.31. The number of amides is 2. The van der Waals surface area contributed by atoms with Crippen molar-refractivity contribution in [3.05, 3.63) is 110 Å². The zero-order valence-electron chi connectivity index (χ0n) is 17.0. The lowest BCUT2D eigenvalue weighted by molar-refractivity contribution is -0.383. The highest BCUT2D eigenvalue weighted by atomic mass is 35.5. The number of carbonyl (C=O) groups is 2. The van der Waals surface area contributed by atoms with Gasteiger partial charge in [0.25, 0.3) is 5.69 Å². The second-order valence-electron chi connectivity index (χ2n) is 6.74. The van der Waals surface area contributed by atoms with Crippen LogP contribution in [0, 0.1) is 10.1 Å². The maximum Gasteiger partial charge on any atom is 0.292 e. The molecule has 0 radical (unpaired) electrons. The average molecular weight is 482 g/mol. The Morgan fingerprint density at radius 2 is 1.24 bits per heavy atom. The molecule has 0 aliphatic carbocycles. The Hall–Kier alpha value is -3.94. The molecule has 0 heterocycles. The minimum absolute atomic E-state index is 0.0507. The summed E-state index contributed by atoms with van der Waals surface area (Å²) in [6.45, 7) is 0. The molecule has 0 aromatic heterocycles. The molecule has 0 aliphatic rings. The first-order valence-electron chi connectivity index (χ1n) is 9.58. The van der Waals surface area contributed by atoms with Crippen molar-refractivity contribution in [3.63, 3.8) is 0 Å². The fourth-order valence-corrected chi connectivity index (χ4v) is 2.98. The minimum Gasteiger partial charge on any atom is -0.322 e. The van der Waals surface area contributed by atoms with E-state index in [1.807, 2.05) is 0 Å². The first kappa shape index (κ1) is 23.7. The van der Waals surface area contributed by atoms with Gasteiger partial charge in [-0.25, -0.2) is 0 Å². The van der Waals surface area contributed by atoms with Crippen molar-refractivity contribution in [1.82, 2.24) is 0 Å². The molecule has 2 amide bonds. The van der Waals surface area contributed by atoms with E-state index in [2.05, 4.69) is 10.6 Å². The molecule has 3 aromatic carbocycles. The van der Waals surface area contributed by atoms with Gasteiger partial charge < -0.3 is 10.6 Å². The quantitative estimate of drug-likeness (QED) is 0.238. The van der Waals surface area contributed by atoms with E-state index in [4.69, 9.17) is 23.2 Å². The van der Waals surface area contributed by atoms with Crippen molar-refractivity contribution in [2.75, 3.05) is 10.6 Å². The van der Waals surface area contributed by atoms with Crippen LogP contribution < -0.4 is 10.6 Å². The van der Waals surface area contributed by atoms with Gasteiger partial charge in [0.05, 0.1) is 4.92 Å². The van der Waals surface area contributed by atoms with Gasteiger partial charge in [0.15, 0.2) is 0 Å². The molecule has 0 unspecified atom stereocenters. The normalized spacial score (nSPS) is 11.0. The third-order valence-electron chi connectivity index (χ3n) is 4.31. The molecule has 166 valence electrons. The number of hydrogen-bond acceptors (Lipinski definition) is 4. The van der Waals surface area contributed by atoms with Crippen LogP contribution in [-0.4, -0.2) is 16.7 Å². The molecule has 0 spiro atoms. The Morgan fingerprint density at radius 3 is 1.73 bits per heavy atom. The smallest absolute Gasteiger partial charge is 0.292 e. The largest absolute Gasteiger partial charge is 0.322 e. The van der Waals surface area contributed by atoms with Crippen LogP contribution in [0.1, 0.15) is 11.1 Å². The lowest BCUT2D eigenvalue weighted by Gasteiger charge is -2.07. The number of nitro groups is 1. The second kappa shape index (κ2) is 11.1. The molecule has 0 atom stereocenters. The number of carbonyl (C=O) groups excluding carboxylic acids is 2. The number of nitro benzene ring substituents is 1. The van der Waals surface area contributed by atoms with Gasteiger partial charge in [0.1, 0.15) is 5.69 Å². The standard InChI is InChI=1S/C24H17Cl2N3O4/c25-18-7-1-16(2-8-18)5-13-23(30)27-20-11-12-22(29(32)33)21(15-20)28-24(31)14-6-17-3-9-19(26)10-4-17/h1-15H,(H,27,30)(H,28,31)/b13-5+,14-6+. The van der Waals surface area contributed by atoms with Crippen LogP contribution in [0.15, 0.2) is 78.9 Å². The molecule has 3 aromatic rings. The van der Waals surface area contributed by atoms with Crippen molar-refractivity contribution < 1.29 is 14.5 Å². The van der Waals surface area contributed by atoms with Crippen LogP contribution in [-0.2, 0) is 9.59 Å². The van der Waals surface area contributed by atoms with Crippen LogP contribution in [0.5, 0.6) is 0 Å². The summed E-state index contributed by atoms with van der Waals surface area (Å²) in [5, 5.41) is 17.6. The molecular weight excluding hydrogens is 465 g/mol. The number of rotatable bonds is 7. The summed E-state index contributed by atoms with van der Waals surface area (Å²) in [5.41, 5.74) is 1.43. The minimum atomic E-state index is -0.620. The van der Waals surface area contributed by atoms with Crippen molar-refractivity contribution in [2.45, 2.75) is 0 Å². The molecule has 0 bridgehead atoms. The third-order valence-corrected chi connectivity index (χ3v) is 4.82. The van der Waals surface area contributed by atoms with Crippen molar-refractivity contribution in [3.8, 4) is 0 Å². The highest BCUT2D eigenvalue weighted by molar-refractivity contribution is 6.30. The summed E-state index contributed by atoms with van der Waals surface area (Å²) in [6, 6.07) is 17.6. The topological polar surface area (TPSA) is 101 Å². The summed E-state index contributed by atoms with van der Waals surface area (Å²) in [4.78, 5) is 35.2. The Kier molecular flexibility index (Phi) is 7.96. The van der Waals surface area contributed by atoms with Crippen LogP contribution in [0.3, 0.4) is 0 Å². The van der Waals surface area contributed by atoms with Crippen molar-refractivity contribution in [1.29, 1.82) is 0 Å². The number of hydrogen-bond donors (Lipinski definition) is 2. The molecule has 9 heteroatoms. The number of halogens is 2. The van der Waals surface area contributed by atoms with Gasteiger partial charge >= 0.3 is 0 Å². The molecule has 7 nitrogen and oxygen atoms in total. The summed E-state index contributed by atoms with van der Waals surface area (Å²) < 4.78 is 0. The van der Waals surface area contributed by atoms with E-state index in [0.29, 0.717) is 10.0 Å². The predicted molar refractivity (Wildman–Crippen MR) is 131 cm³/mol. The van der Waals surface area contributed by atoms with Crippen LogP contribution in [0.2, 0.25) is 10.0 Å². The predicted octanol–water partition coefficient (Wildman–Crippen LogP) is 6.21. The Labute approximate surface area is 199 Å². The first-order valence-corrected chi connectivity index (χ1v) is 10.3. The molecule has 3 rings (SSSR count). The number of benzene rings is 3. The van der Waals surface area contributed by atoms with Crippen molar-refractivity contribution in [2.24, 2.45) is 0 Å². The SMILES string of the molecule is O=C(/C=C/c1ccc(Cl)cc1)Nc1ccc([N+](=O)[O-])c(NC(=O)/C=C/c2ccc(Cl)cc2)c1. The maximum atomic E-state index is 12.3. The monoisotopic (exact) mass is 481 g/mol. The maximum absolute atomic E-state index is 12.3. The van der Waals surface area contributed by atoms with Gasteiger partial charge in [-0.1, -0.05) is 47.5 Å². The average Bonchev–Trinajstić information content (AvgIpc) is 2.78. The summed E-state index contributed by atoms with van der Waals surface area (Å²) >= 11 is 11.7. The molecule has 0 aliphatic heterocycles.